The molecule has 0 bridgehead atoms. The van der Waals surface area contributed by atoms with Gasteiger partial charge in [0.2, 0.25) is 0 Å². The van der Waals surface area contributed by atoms with Crippen LogP contribution in [0.5, 0.6) is 0 Å². The summed E-state index contributed by atoms with van der Waals surface area (Å²) in [5, 5.41) is 0. The first-order chi connectivity index (χ1) is 9.38. The van der Waals surface area contributed by atoms with Gasteiger partial charge in [0.15, 0.2) is 0 Å². The van der Waals surface area contributed by atoms with Crippen LogP contribution in [0.25, 0.3) is 0 Å². The van der Waals surface area contributed by atoms with E-state index >= 15 is 0 Å². The van der Waals surface area contributed by atoms with Gasteiger partial charge in [-0.15, -0.1) is 0 Å². The summed E-state index contributed by atoms with van der Waals surface area (Å²) in [5.74, 6) is 0. The first kappa shape index (κ1) is 13.8. The molecule has 0 radical (unpaired) electrons. The predicted octanol–water partition coefficient (Wildman–Crippen LogP) is -1.75. The highest BCUT2D eigenvalue weighted by molar-refractivity contribution is 5.11. The van der Waals surface area contributed by atoms with E-state index in [0.29, 0.717) is 24.0 Å². The Bertz CT molecular complexity index is 795. The van der Waals surface area contributed by atoms with Crippen LogP contribution in [-0.2, 0) is 26.9 Å². The number of H-pyrrole nitrogens is 2. The van der Waals surface area contributed by atoms with Crippen molar-refractivity contribution in [2.45, 2.75) is 12.8 Å². The second kappa shape index (κ2) is 5.16. The van der Waals surface area contributed by atoms with Gasteiger partial charge in [-0.3, -0.25) is 19.6 Å². The highest BCUT2D eigenvalue weighted by atomic mass is 16.2. The lowest BCUT2D eigenvalue weighted by Gasteiger charge is -2.04. The number of nitrogens with one attached hydrogen (secondary N) is 2. The lowest BCUT2D eigenvalue weighted by molar-refractivity contribution is 0.748. The maximum absolute atomic E-state index is 11.6. The molecule has 2 rings (SSSR count). The highest BCUT2D eigenvalue weighted by Gasteiger charge is 2.07. The molecule has 0 unspecified atom stereocenters. The van der Waals surface area contributed by atoms with E-state index in [4.69, 9.17) is 0 Å². The van der Waals surface area contributed by atoms with E-state index < -0.39 is 22.5 Å². The van der Waals surface area contributed by atoms with E-state index in [1.165, 1.54) is 35.6 Å². The van der Waals surface area contributed by atoms with E-state index in [2.05, 4.69) is 9.97 Å². The van der Waals surface area contributed by atoms with Crippen molar-refractivity contribution >= 4 is 0 Å². The fraction of sp³-hybridized carbons (Fsp3) is 0.333. The molecule has 2 aromatic rings. The second-order valence-corrected chi connectivity index (χ2v) is 4.55. The molecule has 2 N–H and O–H groups in total. The smallest absolute Gasteiger partial charge is 0.303 e. The van der Waals surface area contributed by atoms with Crippen LogP contribution >= 0.6 is 0 Å². The zero-order chi connectivity index (χ0) is 14.9. The van der Waals surface area contributed by atoms with Gasteiger partial charge >= 0.3 is 11.4 Å². The molecule has 2 aromatic heterocycles. The number of hydrogen-bond acceptors (Lipinski definition) is 4. The van der Waals surface area contributed by atoms with Gasteiger partial charge in [-0.2, -0.15) is 0 Å². The number of aryl methyl sites for hydroxylation is 4. The molecular weight excluding hydrogens is 264 g/mol. The van der Waals surface area contributed by atoms with Gasteiger partial charge in [0, 0.05) is 37.6 Å². The minimum absolute atomic E-state index is 0.296. The van der Waals surface area contributed by atoms with E-state index in [0.717, 1.165) is 0 Å². The summed E-state index contributed by atoms with van der Waals surface area (Å²) in [7, 11) is 3.06. The first-order valence-corrected chi connectivity index (χ1v) is 5.96. The molecule has 0 amide bonds. The third-order valence-electron chi connectivity index (χ3n) is 3.03. The van der Waals surface area contributed by atoms with Crippen molar-refractivity contribution in [3.8, 4) is 0 Å². The molecule has 8 heteroatoms. The summed E-state index contributed by atoms with van der Waals surface area (Å²) >= 11 is 0. The molecule has 8 nitrogen and oxygen atoms in total. The minimum atomic E-state index is -0.487. The average molecular weight is 278 g/mol. The fourth-order valence-corrected chi connectivity index (χ4v) is 1.86. The molecule has 20 heavy (non-hydrogen) atoms. The summed E-state index contributed by atoms with van der Waals surface area (Å²) in [4.78, 5) is 50.0. The molecule has 0 saturated heterocycles. The number of nitrogens with zero attached hydrogens (tertiary/aromatic N) is 2. The lowest BCUT2D eigenvalue weighted by Crippen LogP contribution is -2.32. The Morgan fingerprint density at radius 1 is 0.800 bits per heavy atom. The summed E-state index contributed by atoms with van der Waals surface area (Å²) < 4.78 is 2.53. The molecule has 0 atom stereocenters. The molecule has 0 spiro atoms. The highest BCUT2D eigenvalue weighted by Crippen LogP contribution is 1.97. The molecule has 0 aliphatic carbocycles. The molecule has 0 fully saturated rings. The normalized spacial score (nSPS) is 10.7. The first-order valence-electron chi connectivity index (χ1n) is 5.96. The van der Waals surface area contributed by atoms with E-state index in [-0.39, 0.29) is 0 Å². The Hall–Kier alpha value is -2.64. The molecule has 0 saturated carbocycles. The Kier molecular flexibility index (Phi) is 3.55. The van der Waals surface area contributed by atoms with Crippen LogP contribution in [0.4, 0.5) is 0 Å². The zero-order valence-corrected chi connectivity index (χ0v) is 11.1. The van der Waals surface area contributed by atoms with Gasteiger partial charge in [-0.05, 0) is 12.8 Å². The molecule has 106 valence electrons. The largest absolute Gasteiger partial charge is 0.328 e. The standard InChI is InChI=1S/C12H14N4O4/c1-15-5-7(9(17)13-11(15)19)3-4-8-6-16(2)12(20)14-10(8)18/h5-6H,3-4H2,1-2H3,(H,13,17,19)(H,14,18,20). The Morgan fingerprint density at radius 3 is 1.50 bits per heavy atom. The van der Waals surface area contributed by atoms with E-state index in [9.17, 15) is 19.2 Å². The van der Waals surface area contributed by atoms with Crippen molar-refractivity contribution in [2.75, 3.05) is 0 Å². The van der Waals surface area contributed by atoms with Gasteiger partial charge in [-0.1, -0.05) is 0 Å². The maximum atomic E-state index is 11.6. The van der Waals surface area contributed by atoms with Gasteiger partial charge < -0.3 is 9.13 Å². The van der Waals surface area contributed by atoms with Gasteiger partial charge in [0.05, 0.1) is 0 Å². The lowest BCUT2D eigenvalue weighted by atomic mass is 10.1. The van der Waals surface area contributed by atoms with E-state index in [1.807, 2.05) is 0 Å². The maximum Gasteiger partial charge on any atom is 0.328 e. The number of rotatable bonds is 3. The monoisotopic (exact) mass is 278 g/mol. The van der Waals surface area contributed by atoms with Crippen molar-refractivity contribution in [2.24, 2.45) is 14.1 Å². The van der Waals surface area contributed by atoms with Gasteiger partial charge in [0.1, 0.15) is 0 Å². The van der Waals surface area contributed by atoms with Crippen LogP contribution in [0.3, 0.4) is 0 Å². The molecular formula is C12H14N4O4. The second-order valence-electron chi connectivity index (χ2n) is 4.55. The van der Waals surface area contributed by atoms with Crippen molar-refractivity contribution in [3.63, 3.8) is 0 Å². The molecule has 0 aliphatic heterocycles. The minimum Gasteiger partial charge on any atom is -0.303 e. The molecule has 0 aliphatic rings. The molecule has 0 aromatic carbocycles. The Balaban J connectivity index is 2.30. The SMILES string of the molecule is Cn1cc(CCc2cn(C)c(=O)[nH]c2=O)c(=O)[nH]c1=O. The fourth-order valence-electron chi connectivity index (χ4n) is 1.86. The van der Waals surface area contributed by atoms with Crippen LogP contribution in [0.15, 0.2) is 31.6 Å². The van der Waals surface area contributed by atoms with Crippen molar-refractivity contribution < 1.29 is 0 Å². The van der Waals surface area contributed by atoms with Crippen molar-refractivity contribution in [1.82, 2.24) is 19.1 Å². The van der Waals surface area contributed by atoms with E-state index in [1.54, 1.807) is 0 Å². The van der Waals surface area contributed by atoms with Gasteiger partial charge in [-0.25, -0.2) is 9.59 Å². The quantitative estimate of drug-likeness (QED) is 0.693. The van der Waals surface area contributed by atoms with Crippen molar-refractivity contribution in [3.05, 3.63) is 65.2 Å². The van der Waals surface area contributed by atoms with Crippen LogP contribution in [-0.4, -0.2) is 19.1 Å². The van der Waals surface area contributed by atoms with Crippen LogP contribution in [0, 0.1) is 0 Å². The molecule has 2 heterocycles. The summed E-state index contributed by atoms with van der Waals surface area (Å²) in [6, 6.07) is 0. The number of aromatic nitrogens is 4. The van der Waals surface area contributed by atoms with Crippen LogP contribution in [0.1, 0.15) is 11.1 Å². The third kappa shape index (κ3) is 2.68. The Morgan fingerprint density at radius 2 is 1.15 bits per heavy atom. The van der Waals surface area contributed by atoms with Crippen LogP contribution < -0.4 is 22.5 Å². The number of hydrogen-bond donors (Lipinski definition) is 2. The van der Waals surface area contributed by atoms with Gasteiger partial charge in [0.25, 0.3) is 11.1 Å². The summed E-state index contributed by atoms with van der Waals surface area (Å²) in [6.07, 6.45) is 3.48. The zero-order valence-electron chi connectivity index (χ0n) is 11.1. The predicted molar refractivity (Wildman–Crippen MR) is 72.0 cm³/mol. The third-order valence-corrected chi connectivity index (χ3v) is 3.03. The Labute approximate surface area is 112 Å². The summed E-state index contributed by atoms with van der Waals surface area (Å²) in [6.45, 7) is 0. The topological polar surface area (TPSA) is 110 Å². The van der Waals surface area contributed by atoms with Crippen LogP contribution in [0.2, 0.25) is 0 Å². The number of aromatic amines is 2. The summed E-state index contributed by atoms with van der Waals surface area (Å²) in [5.41, 5.74) is -1.10. The average Bonchev–Trinajstić information content (AvgIpc) is 2.37. The van der Waals surface area contributed by atoms with Crippen molar-refractivity contribution in [1.29, 1.82) is 0 Å².